The Kier molecular flexibility index (Phi) is 4.03. The molecule has 0 amide bonds. The Morgan fingerprint density at radius 2 is 1.67 bits per heavy atom. The molecular formula is C16H12F3N5. The van der Waals surface area contributed by atoms with Crippen LogP contribution in [0.25, 0.3) is 11.3 Å². The molecule has 2 aromatic heterocycles. The van der Waals surface area contributed by atoms with E-state index in [-0.39, 0.29) is 5.82 Å². The lowest BCUT2D eigenvalue weighted by molar-refractivity contribution is -0.141. The molecule has 1 aromatic carbocycles. The fraction of sp³-hybridized carbons (Fsp3) is 0.0625. The molecule has 0 saturated carbocycles. The van der Waals surface area contributed by atoms with Crippen molar-refractivity contribution in [1.29, 1.82) is 0 Å². The van der Waals surface area contributed by atoms with Crippen molar-refractivity contribution in [3.05, 3.63) is 60.6 Å². The number of anilines is 3. The molecule has 0 aliphatic heterocycles. The molecule has 0 radical (unpaired) electrons. The topological polar surface area (TPSA) is 76.7 Å². The van der Waals surface area contributed by atoms with Crippen LogP contribution in [-0.4, -0.2) is 15.0 Å². The third kappa shape index (κ3) is 3.60. The second kappa shape index (κ2) is 6.15. The fourth-order valence-corrected chi connectivity index (χ4v) is 2.03. The summed E-state index contributed by atoms with van der Waals surface area (Å²) in [6.45, 7) is 0. The highest BCUT2D eigenvalue weighted by Gasteiger charge is 2.32. The van der Waals surface area contributed by atoms with Crippen LogP contribution in [0.2, 0.25) is 0 Å². The third-order valence-electron chi connectivity index (χ3n) is 3.17. The number of alkyl halides is 3. The Morgan fingerprint density at radius 1 is 0.917 bits per heavy atom. The molecular weight excluding hydrogens is 319 g/mol. The first-order chi connectivity index (χ1) is 11.4. The SMILES string of the molecule is Nc1ccc(-c2cc(Nc3cccc(C(F)(F)F)n3)ncn2)cc1. The van der Waals surface area contributed by atoms with Gasteiger partial charge in [-0.3, -0.25) is 0 Å². The van der Waals surface area contributed by atoms with Gasteiger partial charge in [0, 0.05) is 17.3 Å². The minimum atomic E-state index is -4.50. The minimum Gasteiger partial charge on any atom is -0.399 e. The van der Waals surface area contributed by atoms with Gasteiger partial charge in [-0.25, -0.2) is 15.0 Å². The van der Waals surface area contributed by atoms with Gasteiger partial charge in [0.05, 0.1) is 5.69 Å². The lowest BCUT2D eigenvalue weighted by Gasteiger charge is -2.09. The summed E-state index contributed by atoms with van der Waals surface area (Å²) in [5.74, 6) is 0.385. The number of rotatable bonds is 3. The zero-order valence-corrected chi connectivity index (χ0v) is 12.2. The predicted molar refractivity (Wildman–Crippen MR) is 84.4 cm³/mol. The molecule has 3 rings (SSSR count). The van der Waals surface area contributed by atoms with Crippen LogP contribution < -0.4 is 11.1 Å². The Hall–Kier alpha value is -3.16. The molecule has 8 heteroatoms. The van der Waals surface area contributed by atoms with Gasteiger partial charge in [0.15, 0.2) is 0 Å². The number of halogens is 3. The van der Waals surface area contributed by atoms with Gasteiger partial charge in [0.2, 0.25) is 0 Å². The lowest BCUT2D eigenvalue weighted by atomic mass is 10.1. The molecule has 24 heavy (non-hydrogen) atoms. The van der Waals surface area contributed by atoms with Crippen molar-refractivity contribution in [2.45, 2.75) is 6.18 Å². The first-order valence-electron chi connectivity index (χ1n) is 6.91. The van der Waals surface area contributed by atoms with Gasteiger partial charge in [-0.2, -0.15) is 13.2 Å². The summed E-state index contributed by atoms with van der Waals surface area (Å²) in [7, 11) is 0. The summed E-state index contributed by atoms with van der Waals surface area (Å²) < 4.78 is 38.1. The first-order valence-corrected chi connectivity index (χ1v) is 6.91. The molecule has 0 atom stereocenters. The Bertz CT molecular complexity index is 847. The number of nitrogens with one attached hydrogen (secondary N) is 1. The van der Waals surface area contributed by atoms with Crippen LogP contribution in [0.1, 0.15) is 5.69 Å². The zero-order chi connectivity index (χ0) is 17.2. The maximum atomic E-state index is 12.7. The van der Waals surface area contributed by atoms with E-state index < -0.39 is 11.9 Å². The first kappa shape index (κ1) is 15.7. The smallest absolute Gasteiger partial charge is 0.399 e. The molecule has 0 spiro atoms. The molecule has 5 nitrogen and oxygen atoms in total. The summed E-state index contributed by atoms with van der Waals surface area (Å²) in [6, 6.07) is 12.3. The van der Waals surface area contributed by atoms with Crippen molar-refractivity contribution in [2.24, 2.45) is 0 Å². The number of nitrogens with zero attached hydrogens (tertiary/aromatic N) is 3. The summed E-state index contributed by atoms with van der Waals surface area (Å²) in [5.41, 5.74) is 6.72. The van der Waals surface area contributed by atoms with E-state index in [1.165, 1.54) is 18.5 Å². The summed E-state index contributed by atoms with van der Waals surface area (Å²) in [5, 5.41) is 2.75. The van der Waals surface area contributed by atoms with Gasteiger partial charge in [-0.15, -0.1) is 0 Å². The number of pyridine rings is 1. The highest BCUT2D eigenvalue weighted by molar-refractivity contribution is 5.65. The average molecular weight is 331 g/mol. The van der Waals surface area contributed by atoms with Crippen LogP contribution in [0.5, 0.6) is 0 Å². The molecule has 0 unspecified atom stereocenters. The van der Waals surface area contributed by atoms with Crippen LogP contribution in [0, 0.1) is 0 Å². The van der Waals surface area contributed by atoms with Crippen LogP contribution in [-0.2, 0) is 6.18 Å². The zero-order valence-electron chi connectivity index (χ0n) is 12.2. The van der Waals surface area contributed by atoms with Crippen molar-refractivity contribution in [2.75, 3.05) is 11.1 Å². The number of nitrogens with two attached hydrogens (primary N) is 1. The van der Waals surface area contributed by atoms with Crippen LogP contribution in [0.15, 0.2) is 54.9 Å². The average Bonchev–Trinajstić information content (AvgIpc) is 2.55. The predicted octanol–water partition coefficient (Wildman–Crippen LogP) is 3.88. The van der Waals surface area contributed by atoms with Gasteiger partial charge in [0.25, 0.3) is 0 Å². The molecule has 0 aliphatic carbocycles. The van der Waals surface area contributed by atoms with Gasteiger partial charge in [-0.05, 0) is 24.3 Å². The van der Waals surface area contributed by atoms with Crippen molar-refractivity contribution < 1.29 is 13.2 Å². The standard InChI is InChI=1S/C16H12F3N5/c17-16(18,19)13-2-1-3-14(23-13)24-15-8-12(21-9-22-15)10-4-6-11(20)7-5-10/h1-9H,20H2,(H,21,22,23,24). The molecule has 2 heterocycles. The number of hydrogen-bond acceptors (Lipinski definition) is 5. The molecule has 3 N–H and O–H groups in total. The largest absolute Gasteiger partial charge is 0.433 e. The maximum Gasteiger partial charge on any atom is 0.433 e. The quantitative estimate of drug-likeness (QED) is 0.712. The van der Waals surface area contributed by atoms with Gasteiger partial charge in [0.1, 0.15) is 23.7 Å². The fourth-order valence-electron chi connectivity index (χ4n) is 2.03. The van der Waals surface area contributed by atoms with Gasteiger partial charge >= 0.3 is 6.18 Å². The summed E-state index contributed by atoms with van der Waals surface area (Å²) in [4.78, 5) is 11.7. The van der Waals surface area contributed by atoms with E-state index in [4.69, 9.17) is 5.73 Å². The van der Waals surface area contributed by atoms with Gasteiger partial charge in [-0.1, -0.05) is 18.2 Å². The van der Waals surface area contributed by atoms with E-state index in [9.17, 15) is 13.2 Å². The molecule has 122 valence electrons. The molecule has 0 fully saturated rings. The van der Waals surface area contributed by atoms with E-state index in [0.717, 1.165) is 11.6 Å². The normalized spacial score (nSPS) is 11.3. The van der Waals surface area contributed by atoms with Crippen LogP contribution in [0.4, 0.5) is 30.5 Å². The number of hydrogen-bond donors (Lipinski definition) is 2. The van der Waals surface area contributed by atoms with Crippen molar-refractivity contribution in [3.63, 3.8) is 0 Å². The van der Waals surface area contributed by atoms with Crippen molar-refractivity contribution in [3.8, 4) is 11.3 Å². The highest BCUT2D eigenvalue weighted by atomic mass is 19.4. The maximum absolute atomic E-state index is 12.7. The monoisotopic (exact) mass is 331 g/mol. The number of nitrogen functional groups attached to an aromatic ring is 1. The molecule has 0 aliphatic rings. The summed E-state index contributed by atoms with van der Waals surface area (Å²) in [6.07, 6.45) is -3.18. The second-order valence-electron chi connectivity index (χ2n) is 4.94. The Balaban J connectivity index is 1.86. The molecule has 3 aromatic rings. The van der Waals surface area contributed by atoms with Crippen molar-refractivity contribution >= 4 is 17.3 Å². The van der Waals surface area contributed by atoms with Gasteiger partial charge < -0.3 is 11.1 Å². The second-order valence-corrected chi connectivity index (χ2v) is 4.94. The lowest BCUT2D eigenvalue weighted by Crippen LogP contribution is -2.09. The van der Waals surface area contributed by atoms with E-state index in [1.807, 2.05) is 0 Å². The number of aromatic nitrogens is 3. The van der Waals surface area contributed by atoms with Crippen molar-refractivity contribution in [1.82, 2.24) is 15.0 Å². The Morgan fingerprint density at radius 3 is 2.38 bits per heavy atom. The number of benzene rings is 1. The van der Waals surface area contributed by atoms with E-state index in [1.54, 1.807) is 30.3 Å². The Labute approximate surface area is 135 Å². The van der Waals surface area contributed by atoms with E-state index in [2.05, 4.69) is 20.3 Å². The van der Waals surface area contributed by atoms with Crippen LogP contribution >= 0.6 is 0 Å². The van der Waals surface area contributed by atoms with Crippen LogP contribution in [0.3, 0.4) is 0 Å². The van der Waals surface area contributed by atoms with E-state index in [0.29, 0.717) is 17.2 Å². The summed E-state index contributed by atoms with van der Waals surface area (Å²) >= 11 is 0. The minimum absolute atomic E-state index is 0.0479. The highest BCUT2D eigenvalue weighted by Crippen LogP contribution is 2.29. The van der Waals surface area contributed by atoms with E-state index >= 15 is 0 Å². The molecule has 0 saturated heterocycles. The molecule has 0 bridgehead atoms. The third-order valence-corrected chi connectivity index (χ3v) is 3.17.